The molecule has 2 N–H and O–H groups in total. The van der Waals surface area contributed by atoms with Crippen LogP contribution >= 0.6 is 0 Å². The van der Waals surface area contributed by atoms with E-state index in [4.69, 9.17) is 9.47 Å². The van der Waals surface area contributed by atoms with Gasteiger partial charge in [0.1, 0.15) is 11.5 Å². The maximum absolute atomic E-state index is 12.1. The first-order chi connectivity index (χ1) is 14.5. The second-order valence-corrected chi connectivity index (χ2v) is 6.60. The zero-order chi connectivity index (χ0) is 21.3. The number of rotatable bonds is 8. The number of hydrazone groups is 1. The zero-order valence-corrected chi connectivity index (χ0v) is 16.8. The van der Waals surface area contributed by atoms with Gasteiger partial charge in [-0.15, -0.1) is 0 Å². The average molecular weight is 405 g/mol. The van der Waals surface area contributed by atoms with Gasteiger partial charge in [-0.25, -0.2) is 5.43 Å². The van der Waals surface area contributed by atoms with Gasteiger partial charge in [0.15, 0.2) is 6.61 Å². The van der Waals surface area contributed by atoms with Crippen molar-refractivity contribution in [1.82, 2.24) is 5.43 Å². The number of nitrogens with one attached hydrogen (secondary N) is 2. The van der Waals surface area contributed by atoms with Crippen molar-refractivity contribution < 1.29 is 19.1 Å². The number of anilines is 1. The van der Waals surface area contributed by atoms with E-state index < -0.39 is 5.91 Å². The lowest BCUT2D eigenvalue weighted by molar-refractivity contribution is -0.123. The molecule has 7 nitrogen and oxygen atoms in total. The van der Waals surface area contributed by atoms with Crippen molar-refractivity contribution in [2.45, 2.75) is 13.3 Å². The first-order valence-corrected chi connectivity index (χ1v) is 9.41. The van der Waals surface area contributed by atoms with Crippen molar-refractivity contribution in [2.75, 3.05) is 19.0 Å². The van der Waals surface area contributed by atoms with Crippen molar-refractivity contribution in [3.63, 3.8) is 0 Å². The molecule has 0 atom stereocenters. The minimum atomic E-state index is -0.407. The Hall–Kier alpha value is -3.87. The van der Waals surface area contributed by atoms with Gasteiger partial charge in [-0.2, -0.15) is 5.10 Å². The standard InChI is InChI=1S/C23H23N3O4/c1-16(13-22(27)24-18-9-6-10-19(14-18)29-2)25-26-23(28)15-30-21-12-5-8-17-7-3-4-11-20(17)21/h3-12,14H,13,15H2,1-2H3,(H,24,27)(H,26,28)/b25-16-. The molecule has 0 unspecified atom stereocenters. The first-order valence-electron chi connectivity index (χ1n) is 9.41. The van der Waals surface area contributed by atoms with Gasteiger partial charge in [-0.3, -0.25) is 9.59 Å². The lowest BCUT2D eigenvalue weighted by Crippen LogP contribution is -2.26. The van der Waals surface area contributed by atoms with E-state index in [0.717, 1.165) is 10.8 Å². The largest absolute Gasteiger partial charge is 0.497 e. The fourth-order valence-electron chi connectivity index (χ4n) is 2.83. The molecular formula is C23H23N3O4. The SMILES string of the molecule is COc1cccc(NC(=O)C/C(C)=N\NC(=O)COc2cccc3ccccc23)c1. The fraction of sp³-hybridized carbons (Fsp3) is 0.174. The summed E-state index contributed by atoms with van der Waals surface area (Å²) in [5.74, 6) is 0.625. The Balaban J connectivity index is 1.48. The Bertz CT molecular complexity index is 1070. The third-order valence-corrected chi connectivity index (χ3v) is 4.25. The van der Waals surface area contributed by atoms with Crippen molar-refractivity contribution in [3.8, 4) is 11.5 Å². The normalized spacial score (nSPS) is 11.1. The Labute approximate surface area is 174 Å². The Kier molecular flexibility index (Phi) is 7.00. The van der Waals surface area contributed by atoms with Crippen LogP contribution in [0.2, 0.25) is 0 Å². The topological polar surface area (TPSA) is 89.0 Å². The van der Waals surface area contributed by atoms with Gasteiger partial charge in [-0.1, -0.05) is 42.5 Å². The molecule has 30 heavy (non-hydrogen) atoms. The molecule has 0 aromatic heterocycles. The molecule has 0 aliphatic heterocycles. The molecule has 3 aromatic rings. The smallest absolute Gasteiger partial charge is 0.277 e. The van der Waals surface area contributed by atoms with Crippen LogP contribution in [0.15, 0.2) is 71.8 Å². The Morgan fingerprint density at radius 2 is 1.73 bits per heavy atom. The third kappa shape index (κ3) is 5.81. The number of carbonyl (C=O) groups excluding carboxylic acids is 2. The maximum atomic E-state index is 12.1. The van der Waals surface area contributed by atoms with Crippen LogP contribution < -0.4 is 20.2 Å². The molecule has 3 rings (SSSR count). The lowest BCUT2D eigenvalue weighted by atomic mass is 10.1. The summed E-state index contributed by atoms with van der Waals surface area (Å²) in [6.45, 7) is 1.48. The van der Waals surface area contributed by atoms with Crippen LogP contribution in [0.4, 0.5) is 5.69 Å². The summed E-state index contributed by atoms with van der Waals surface area (Å²) in [4.78, 5) is 24.2. The number of methoxy groups -OCH3 is 1. The summed E-state index contributed by atoms with van der Waals surface area (Å²) < 4.78 is 10.7. The minimum Gasteiger partial charge on any atom is -0.497 e. The summed E-state index contributed by atoms with van der Waals surface area (Å²) in [7, 11) is 1.56. The molecule has 7 heteroatoms. The number of hydrogen-bond acceptors (Lipinski definition) is 5. The monoisotopic (exact) mass is 405 g/mol. The van der Waals surface area contributed by atoms with Crippen LogP contribution in [0, 0.1) is 0 Å². The summed E-state index contributed by atoms with van der Waals surface area (Å²) in [6, 6.07) is 20.5. The molecular weight excluding hydrogens is 382 g/mol. The van der Waals surface area contributed by atoms with Crippen LogP contribution in [0.1, 0.15) is 13.3 Å². The van der Waals surface area contributed by atoms with Gasteiger partial charge >= 0.3 is 0 Å². The van der Waals surface area contributed by atoms with Crippen LogP contribution in [0.25, 0.3) is 10.8 Å². The second-order valence-electron chi connectivity index (χ2n) is 6.60. The summed E-state index contributed by atoms with van der Waals surface area (Å²) in [5.41, 5.74) is 3.50. The van der Waals surface area contributed by atoms with E-state index in [1.807, 2.05) is 42.5 Å². The quantitative estimate of drug-likeness (QED) is 0.441. The molecule has 154 valence electrons. The number of nitrogens with zero attached hydrogens (tertiary/aromatic N) is 1. The second kappa shape index (κ2) is 10.1. The van der Waals surface area contributed by atoms with Crippen LogP contribution in [0.5, 0.6) is 11.5 Å². The number of benzene rings is 3. The maximum Gasteiger partial charge on any atom is 0.277 e. The van der Waals surface area contributed by atoms with E-state index in [0.29, 0.717) is 22.9 Å². The van der Waals surface area contributed by atoms with E-state index in [1.54, 1.807) is 38.3 Å². The zero-order valence-electron chi connectivity index (χ0n) is 16.8. The molecule has 0 bridgehead atoms. The van der Waals surface area contributed by atoms with Gasteiger partial charge in [0.2, 0.25) is 5.91 Å². The third-order valence-electron chi connectivity index (χ3n) is 4.25. The number of carbonyl (C=O) groups is 2. The van der Waals surface area contributed by atoms with Crippen molar-refractivity contribution >= 4 is 34.0 Å². The molecule has 0 radical (unpaired) electrons. The van der Waals surface area contributed by atoms with E-state index >= 15 is 0 Å². The highest BCUT2D eigenvalue weighted by Gasteiger charge is 2.08. The number of hydrogen-bond donors (Lipinski definition) is 2. The van der Waals surface area contributed by atoms with Gasteiger partial charge in [0.05, 0.1) is 13.5 Å². The molecule has 0 saturated carbocycles. The summed E-state index contributed by atoms with van der Waals surface area (Å²) >= 11 is 0. The highest BCUT2D eigenvalue weighted by atomic mass is 16.5. The predicted molar refractivity (Wildman–Crippen MR) is 117 cm³/mol. The van der Waals surface area contributed by atoms with E-state index in [-0.39, 0.29) is 18.9 Å². The van der Waals surface area contributed by atoms with E-state index in [9.17, 15) is 9.59 Å². The van der Waals surface area contributed by atoms with Crippen LogP contribution in [-0.2, 0) is 9.59 Å². The number of ether oxygens (including phenoxy) is 2. The Morgan fingerprint density at radius 3 is 2.57 bits per heavy atom. The van der Waals surface area contributed by atoms with E-state index in [1.165, 1.54) is 0 Å². The number of amides is 2. The molecule has 2 amide bonds. The van der Waals surface area contributed by atoms with Crippen LogP contribution in [0.3, 0.4) is 0 Å². The molecule has 0 saturated heterocycles. The highest BCUT2D eigenvalue weighted by Crippen LogP contribution is 2.24. The summed E-state index contributed by atoms with van der Waals surface area (Å²) in [5, 5.41) is 8.69. The van der Waals surface area contributed by atoms with Crippen molar-refractivity contribution in [3.05, 3.63) is 66.7 Å². The average Bonchev–Trinajstić information content (AvgIpc) is 2.76. The van der Waals surface area contributed by atoms with E-state index in [2.05, 4.69) is 15.8 Å². The molecule has 0 aliphatic carbocycles. The molecule has 0 fully saturated rings. The Morgan fingerprint density at radius 1 is 0.967 bits per heavy atom. The molecule has 0 spiro atoms. The predicted octanol–water partition coefficient (Wildman–Crippen LogP) is 3.75. The number of fused-ring (bicyclic) bond motifs is 1. The molecule has 0 heterocycles. The molecule has 0 aliphatic rings. The van der Waals surface area contributed by atoms with Gasteiger partial charge in [-0.05, 0) is 30.5 Å². The van der Waals surface area contributed by atoms with Gasteiger partial charge in [0, 0.05) is 22.9 Å². The summed E-state index contributed by atoms with van der Waals surface area (Å²) in [6.07, 6.45) is 0.0433. The lowest BCUT2D eigenvalue weighted by Gasteiger charge is -2.09. The van der Waals surface area contributed by atoms with Crippen LogP contribution in [-0.4, -0.2) is 31.2 Å². The van der Waals surface area contributed by atoms with Gasteiger partial charge in [0.25, 0.3) is 5.91 Å². The fourth-order valence-corrected chi connectivity index (χ4v) is 2.83. The van der Waals surface area contributed by atoms with Crippen molar-refractivity contribution in [2.24, 2.45) is 5.10 Å². The van der Waals surface area contributed by atoms with Crippen molar-refractivity contribution in [1.29, 1.82) is 0 Å². The highest BCUT2D eigenvalue weighted by molar-refractivity contribution is 6.05. The molecule has 3 aromatic carbocycles. The van der Waals surface area contributed by atoms with Gasteiger partial charge < -0.3 is 14.8 Å². The first kappa shape index (κ1) is 20.9. The minimum absolute atomic E-state index is 0.0433.